The lowest BCUT2D eigenvalue weighted by Gasteiger charge is -2.16. The first-order valence-electron chi connectivity index (χ1n) is 10.2. The molecule has 1 amide bonds. The summed E-state index contributed by atoms with van der Waals surface area (Å²) in [5.41, 5.74) is 4.55. The Morgan fingerprint density at radius 1 is 0.938 bits per heavy atom. The molecule has 0 spiro atoms. The van der Waals surface area contributed by atoms with Crippen molar-refractivity contribution in [2.75, 3.05) is 11.9 Å². The van der Waals surface area contributed by atoms with Crippen LogP contribution in [0.1, 0.15) is 11.1 Å². The van der Waals surface area contributed by atoms with Gasteiger partial charge in [0.25, 0.3) is 5.91 Å². The average Bonchev–Trinajstić information content (AvgIpc) is 3.25. The Kier molecular flexibility index (Phi) is 5.29. The Balaban J connectivity index is 1.56. The molecule has 3 aromatic carbocycles. The van der Waals surface area contributed by atoms with Crippen LogP contribution in [0, 0.1) is 0 Å². The minimum atomic E-state index is -0.153. The highest BCUT2D eigenvalue weighted by molar-refractivity contribution is 7.80. The zero-order valence-corrected chi connectivity index (χ0v) is 19.0. The van der Waals surface area contributed by atoms with Crippen molar-refractivity contribution in [3.63, 3.8) is 0 Å². The Hall–Kier alpha value is -3.41. The number of nitrogens with zero attached hydrogens (tertiary/aromatic N) is 3. The van der Waals surface area contributed by atoms with Gasteiger partial charge in [0.1, 0.15) is 5.70 Å². The van der Waals surface area contributed by atoms with Gasteiger partial charge in [0, 0.05) is 41.3 Å². The van der Waals surface area contributed by atoms with E-state index in [-0.39, 0.29) is 5.91 Å². The van der Waals surface area contributed by atoms with Crippen LogP contribution >= 0.6 is 23.8 Å². The van der Waals surface area contributed by atoms with Crippen molar-refractivity contribution < 1.29 is 4.79 Å². The SMILES string of the molecule is CN1C(=S)N(c2ccc(Cl)cc2)C(=O)/C1=C/c1cn(Cc2ccccc2)c2ccccc12. The number of thiocarbonyl (C=S) groups is 1. The first-order valence-corrected chi connectivity index (χ1v) is 11.0. The molecule has 1 aromatic heterocycles. The number of carbonyl (C=O) groups excluding carboxylic acids is 1. The van der Waals surface area contributed by atoms with Crippen molar-refractivity contribution in [2.45, 2.75) is 6.54 Å². The Labute approximate surface area is 196 Å². The molecule has 0 atom stereocenters. The lowest BCUT2D eigenvalue weighted by Crippen LogP contribution is -2.31. The molecule has 2 heterocycles. The molecule has 0 aliphatic carbocycles. The van der Waals surface area contributed by atoms with Crippen molar-refractivity contribution in [1.82, 2.24) is 9.47 Å². The van der Waals surface area contributed by atoms with Crippen molar-refractivity contribution in [3.05, 3.63) is 107 Å². The van der Waals surface area contributed by atoms with E-state index in [1.54, 1.807) is 34.1 Å². The number of rotatable bonds is 4. The minimum Gasteiger partial charge on any atom is -0.342 e. The normalized spacial score (nSPS) is 15.4. The second-order valence-electron chi connectivity index (χ2n) is 7.70. The van der Waals surface area contributed by atoms with Gasteiger partial charge in [0.05, 0.1) is 5.69 Å². The zero-order valence-electron chi connectivity index (χ0n) is 17.4. The number of likely N-dealkylation sites (N-methyl/N-ethyl adjacent to an activating group) is 1. The number of anilines is 1. The highest BCUT2D eigenvalue weighted by Crippen LogP contribution is 2.31. The molecular formula is C26H20ClN3OS. The topological polar surface area (TPSA) is 28.5 Å². The standard InChI is InChI=1S/C26H20ClN3OS/c1-28-24(25(31)30(26(28)32)21-13-11-20(27)12-14-21)15-19-17-29(16-18-7-3-2-4-8-18)23-10-6-5-9-22(19)23/h2-15,17H,16H2,1H3/b24-15-. The molecule has 0 unspecified atom stereocenters. The third-order valence-corrected chi connectivity index (χ3v) is 6.36. The lowest BCUT2D eigenvalue weighted by molar-refractivity contribution is -0.114. The van der Waals surface area contributed by atoms with Gasteiger partial charge in [-0.2, -0.15) is 0 Å². The summed E-state index contributed by atoms with van der Waals surface area (Å²) >= 11 is 11.6. The lowest BCUT2D eigenvalue weighted by atomic mass is 10.1. The maximum atomic E-state index is 13.3. The molecule has 1 aliphatic rings. The molecule has 6 heteroatoms. The van der Waals surface area contributed by atoms with Gasteiger partial charge >= 0.3 is 0 Å². The van der Waals surface area contributed by atoms with Crippen LogP contribution in [0.25, 0.3) is 17.0 Å². The van der Waals surface area contributed by atoms with Gasteiger partial charge in [-0.3, -0.25) is 9.69 Å². The quantitative estimate of drug-likeness (QED) is 0.280. The van der Waals surface area contributed by atoms with E-state index in [0.717, 1.165) is 23.0 Å². The second kappa shape index (κ2) is 8.26. The molecule has 0 bridgehead atoms. The zero-order chi connectivity index (χ0) is 22.2. The van der Waals surface area contributed by atoms with Gasteiger partial charge < -0.3 is 9.47 Å². The number of hydrogen-bond acceptors (Lipinski definition) is 2. The van der Waals surface area contributed by atoms with Gasteiger partial charge in [-0.15, -0.1) is 0 Å². The maximum Gasteiger partial charge on any atom is 0.281 e. The fourth-order valence-corrected chi connectivity index (χ4v) is 4.44. The molecule has 158 valence electrons. The first-order chi connectivity index (χ1) is 15.5. The third-order valence-electron chi connectivity index (χ3n) is 5.65. The van der Waals surface area contributed by atoms with E-state index in [1.807, 2.05) is 43.5 Å². The van der Waals surface area contributed by atoms with Crippen molar-refractivity contribution in [1.29, 1.82) is 0 Å². The Morgan fingerprint density at radius 2 is 1.62 bits per heavy atom. The predicted molar refractivity (Wildman–Crippen MR) is 135 cm³/mol. The number of amides is 1. The van der Waals surface area contributed by atoms with E-state index in [4.69, 9.17) is 23.8 Å². The maximum absolute atomic E-state index is 13.3. The molecule has 1 fully saturated rings. The van der Waals surface area contributed by atoms with Crippen LogP contribution < -0.4 is 4.90 Å². The van der Waals surface area contributed by atoms with Crippen LogP contribution in [0.15, 0.2) is 90.8 Å². The van der Waals surface area contributed by atoms with E-state index in [9.17, 15) is 4.79 Å². The Bertz CT molecular complexity index is 1360. The van der Waals surface area contributed by atoms with Gasteiger partial charge in [-0.05, 0) is 54.2 Å². The number of halogens is 1. The van der Waals surface area contributed by atoms with Crippen LogP contribution in [0.5, 0.6) is 0 Å². The van der Waals surface area contributed by atoms with E-state index >= 15 is 0 Å². The smallest absolute Gasteiger partial charge is 0.281 e. The van der Waals surface area contributed by atoms with Crippen LogP contribution in [-0.4, -0.2) is 27.5 Å². The molecule has 5 rings (SSSR count). The van der Waals surface area contributed by atoms with E-state index < -0.39 is 0 Å². The van der Waals surface area contributed by atoms with E-state index in [2.05, 4.69) is 35.0 Å². The molecule has 4 nitrogen and oxygen atoms in total. The van der Waals surface area contributed by atoms with Crippen LogP contribution in [0.3, 0.4) is 0 Å². The fourth-order valence-electron chi connectivity index (χ4n) is 4.02. The molecule has 0 saturated carbocycles. The van der Waals surface area contributed by atoms with Crippen LogP contribution in [0.2, 0.25) is 5.02 Å². The summed E-state index contributed by atoms with van der Waals surface area (Å²) < 4.78 is 2.21. The number of aromatic nitrogens is 1. The van der Waals surface area contributed by atoms with Crippen LogP contribution in [-0.2, 0) is 11.3 Å². The molecule has 32 heavy (non-hydrogen) atoms. The monoisotopic (exact) mass is 457 g/mol. The number of benzene rings is 3. The summed E-state index contributed by atoms with van der Waals surface area (Å²) in [6.45, 7) is 0.754. The summed E-state index contributed by atoms with van der Waals surface area (Å²) in [4.78, 5) is 16.6. The number of para-hydroxylation sites is 1. The van der Waals surface area contributed by atoms with Gasteiger partial charge in [-0.25, -0.2) is 0 Å². The molecule has 0 radical (unpaired) electrons. The highest BCUT2D eigenvalue weighted by atomic mass is 35.5. The van der Waals surface area contributed by atoms with Gasteiger partial charge in [-0.1, -0.05) is 60.1 Å². The van der Waals surface area contributed by atoms with Gasteiger partial charge in [0.2, 0.25) is 0 Å². The van der Waals surface area contributed by atoms with Crippen molar-refractivity contribution >= 4 is 57.5 Å². The van der Waals surface area contributed by atoms with Gasteiger partial charge in [0.15, 0.2) is 5.11 Å². The largest absolute Gasteiger partial charge is 0.342 e. The molecule has 1 aliphatic heterocycles. The number of carbonyl (C=O) groups is 1. The average molecular weight is 458 g/mol. The summed E-state index contributed by atoms with van der Waals surface area (Å²) in [5.74, 6) is -0.153. The first kappa shape index (κ1) is 20.5. The summed E-state index contributed by atoms with van der Waals surface area (Å²) in [6, 6.07) is 25.7. The van der Waals surface area contributed by atoms with Crippen molar-refractivity contribution in [3.8, 4) is 0 Å². The van der Waals surface area contributed by atoms with Crippen LogP contribution in [0.4, 0.5) is 5.69 Å². The number of fused-ring (bicyclic) bond motifs is 1. The molecular weight excluding hydrogens is 438 g/mol. The summed E-state index contributed by atoms with van der Waals surface area (Å²) in [5, 5.41) is 2.14. The molecule has 4 aromatic rings. The highest BCUT2D eigenvalue weighted by Gasteiger charge is 2.36. The second-order valence-corrected chi connectivity index (χ2v) is 8.50. The molecule has 0 N–H and O–H groups in total. The fraction of sp³-hybridized carbons (Fsp3) is 0.0769. The summed E-state index contributed by atoms with van der Waals surface area (Å²) in [6.07, 6.45) is 4.02. The predicted octanol–water partition coefficient (Wildman–Crippen LogP) is 5.95. The minimum absolute atomic E-state index is 0.153. The van der Waals surface area contributed by atoms with Crippen molar-refractivity contribution in [2.24, 2.45) is 0 Å². The van der Waals surface area contributed by atoms with E-state index in [1.165, 1.54) is 5.56 Å². The van der Waals surface area contributed by atoms with E-state index in [0.29, 0.717) is 21.5 Å². The number of hydrogen-bond donors (Lipinski definition) is 0. The third kappa shape index (κ3) is 3.60. The Morgan fingerprint density at radius 3 is 2.38 bits per heavy atom. The summed E-state index contributed by atoms with van der Waals surface area (Å²) in [7, 11) is 1.82. The molecule has 1 saturated heterocycles.